The smallest absolute Gasteiger partial charge is 0.417 e. The van der Waals surface area contributed by atoms with Gasteiger partial charge >= 0.3 is 6.08 Å². The lowest BCUT2D eigenvalue weighted by Gasteiger charge is -1.92. The van der Waals surface area contributed by atoms with E-state index in [0.717, 1.165) is 0 Å². The lowest BCUT2D eigenvalue weighted by molar-refractivity contribution is 0.226. The Labute approximate surface area is 76.0 Å². The summed E-state index contributed by atoms with van der Waals surface area (Å²) in [4.78, 5) is 3.85. The summed E-state index contributed by atoms with van der Waals surface area (Å²) < 4.78 is 9.77. The molecule has 1 aromatic heterocycles. The first-order chi connectivity index (χ1) is 6.33. The van der Waals surface area contributed by atoms with Gasteiger partial charge in [-0.2, -0.15) is 4.98 Å². The summed E-state index contributed by atoms with van der Waals surface area (Å²) in [6.07, 6.45) is 4.41. The average molecular weight is 184 g/mol. The number of hydrogen-bond donors (Lipinski definition) is 1. The fourth-order valence-electron chi connectivity index (χ4n) is 0.716. The first kappa shape index (κ1) is 9.73. The zero-order valence-corrected chi connectivity index (χ0v) is 7.43. The zero-order chi connectivity index (χ0) is 9.52. The second-order valence-electron chi connectivity index (χ2n) is 2.40. The molecule has 0 unspecified atom stereocenters. The van der Waals surface area contributed by atoms with Crippen LogP contribution in [-0.2, 0) is 0 Å². The van der Waals surface area contributed by atoms with Gasteiger partial charge in [-0.1, -0.05) is 17.3 Å². The maximum atomic E-state index is 8.45. The minimum Gasteiger partial charge on any atom is -0.445 e. The molecule has 5 nitrogen and oxygen atoms in total. The van der Waals surface area contributed by atoms with E-state index in [1.54, 1.807) is 13.0 Å². The van der Waals surface area contributed by atoms with E-state index in [-0.39, 0.29) is 12.7 Å². The maximum Gasteiger partial charge on any atom is 0.417 e. The fourth-order valence-corrected chi connectivity index (χ4v) is 0.716. The van der Waals surface area contributed by atoms with Crippen LogP contribution in [0.25, 0.3) is 0 Å². The number of hydrogen-bond acceptors (Lipinski definition) is 5. The normalized spacial score (nSPS) is 10.9. The summed E-state index contributed by atoms with van der Waals surface area (Å²) in [7, 11) is 0. The Kier molecular flexibility index (Phi) is 3.98. The molecular formula is C8H12N2O3. The highest BCUT2D eigenvalue weighted by atomic mass is 16.6. The van der Waals surface area contributed by atoms with Crippen molar-refractivity contribution < 1.29 is 14.4 Å². The maximum absolute atomic E-state index is 8.45. The molecule has 0 bridgehead atoms. The second kappa shape index (κ2) is 5.31. The van der Waals surface area contributed by atoms with Gasteiger partial charge in [-0.25, -0.2) is 0 Å². The van der Waals surface area contributed by atoms with E-state index in [1.807, 2.05) is 6.08 Å². The number of nitrogens with zero attached hydrogens (tertiary/aromatic N) is 2. The van der Waals surface area contributed by atoms with Gasteiger partial charge in [0.15, 0.2) is 5.82 Å². The van der Waals surface area contributed by atoms with E-state index in [1.165, 1.54) is 0 Å². The molecule has 1 rings (SSSR count). The third-order valence-corrected chi connectivity index (χ3v) is 1.27. The van der Waals surface area contributed by atoms with Gasteiger partial charge in [0.05, 0.1) is 0 Å². The molecule has 0 atom stereocenters. The monoisotopic (exact) mass is 184 g/mol. The number of aryl methyl sites for hydroxylation is 1. The lowest BCUT2D eigenvalue weighted by atomic mass is 10.4. The molecule has 0 spiro atoms. The predicted octanol–water partition coefficient (Wildman–Crippen LogP) is 0.695. The number of rotatable bonds is 5. The van der Waals surface area contributed by atoms with Crippen molar-refractivity contribution in [2.75, 3.05) is 13.2 Å². The number of ether oxygens (including phenoxy) is 1. The van der Waals surface area contributed by atoms with Gasteiger partial charge < -0.3 is 9.84 Å². The Bertz CT molecular complexity index is 270. The molecule has 13 heavy (non-hydrogen) atoms. The molecule has 0 aliphatic carbocycles. The minimum absolute atomic E-state index is 0.149. The number of aromatic nitrogens is 2. The van der Waals surface area contributed by atoms with Gasteiger partial charge in [-0.05, 0) is 13.3 Å². The topological polar surface area (TPSA) is 68.4 Å². The van der Waals surface area contributed by atoms with E-state index in [4.69, 9.17) is 14.4 Å². The van der Waals surface area contributed by atoms with Crippen molar-refractivity contribution in [3.63, 3.8) is 0 Å². The standard InChI is InChI=1S/C8H12N2O3/c1-7-9-8(13-10-7)12-6-4-2-3-5-11/h2,4,11H,3,5-6H2,1H3/b4-2+. The van der Waals surface area contributed by atoms with Gasteiger partial charge in [0.1, 0.15) is 6.61 Å². The molecule has 72 valence electrons. The molecule has 0 saturated heterocycles. The molecule has 0 fully saturated rings. The Hall–Kier alpha value is -1.36. The van der Waals surface area contributed by atoms with Crippen LogP contribution in [-0.4, -0.2) is 28.5 Å². The highest BCUT2D eigenvalue weighted by Gasteiger charge is 2.00. The molecular weight excluding hydrogens is 172 g/mol. The summed E-state index contributed by atoms with van der Waals surface area (Å²) in [5.41, 5.74) is 0. The Morgan fingerprint density at radius 2 is 2.38 bits per heavy atom. The van der Waals surface area contributed by atoms with Gasteiger partial charge in [0, 0.05) is 6.61 Å². The molecule has 1 aromatic rings. The Morgan fingerprint density at radius 3 is 3.00 bits per heavy atom. The largest absolute Gasteiger partial charge is 0.445 e. The van der Waals surface area contributed by atoms with Crippen molar-refractivity contribution in [1.29, 1.82) is 0 Å². The summed E-state index contributed by atoms with van der Waals surface area (Å²) >= 11 is 0. The van der Waals surface area contributed by atoms with Crippen LogP contribution in [0.15, 0.2) is 16.7 Å². The number of aliphatic hydroxyl groups excluding tert-OH is 1. The van der Waals surface area contributed by atoms with E-state index >= 15 is 0 Å². The van der Waals surface area contributed by atoms with Gasteiger partial charge in [-0.15, -0.1) is 0 Å². The van der Waals surface area contributed by atoms with Gasteiger partial charge in [0.25, 0.3) is 0 Å². The summed E-state index contributed by atoms with van der Waals surface area (Å²) in [6.45, 7) is 2.25. The molecule has 0 amide bonds. The third-order valence-electron chi connectivity index (χ3n) is 1.27. The molecule has 0 aromatic carbocycles. The molecule has 0 aliphatic rings. The van der Waals surface area contributed by atoms with Crippen molar-refractivity contribution in [2.24, 2.45) is 0 Å². The SMILES string of the molecule is Cc1noc(OC/C=C/CCO)n1. The molecule has 1 N–H and O–H groups in total. The van der Waals surface area contributed by atoms with Crippen LogP contribution in [0.1, 0.15) is 12.2 Å². The zero-order valence-electron chi connectivity index (χ0n) is 7.43. The molecule has 5 heteroatoms. The van der Waals surface area contributed by atoms with E-state index < -0.39 is 0 Å². The van der Waals surface area contributed by atoms with Crippen LogP contribution < -0.4 is 4.74 Å². The highest BCUT2D eigenvalue weighted by molar-refractivity contribution is 4.90. The lowest BCUT2D eigenvalue weighted by Crippen LogP contribution is -1.93. The van der Waals surface area contributed by atoms with Crippen LogP contribution in [0.5, 0.6) is 6.08 Å². The molecule has 1 heterocycles. The van der Waals surface area contributed by atoms with Crippen LogP contribution >= 0.6 is 0 Å². The summed E-state index contributed by atoms with van der Waals surface area (Å²) in [5, 5.41) is 12.0. The van der Waals surface area contributed by atoms with Crippen molar-refractivity contribution in [2.45, 2.75) is 13.3 Å². The Morgan fingerprint density at radius 1 is 1.54 bits per heavy atom. The van der Waals surface area contributed by atoms with Crippen molar-refractivity contribution in [3.05, 3.63) is 18.0 Å². The first-order valence-electron chi connectivity index (χ1n) is 4.02. The van der Waals surface area contributed by atoms with E-state index in [2.05, 4.69) is 10.1 Å². The van der Waals surface area contributed by atoms with Crippen molar-refractivity contribution in [1.82, 2.24) is 10.1 Å². The first-order valence-corrected chi connectivity index (χ1v) is 4.02. The fraction of sp³-hybridized carbons (Fsp3) is 0.500. The van der Waals surface area contributed by atoms with Crippen molar-refractivity contribution in [3.8, 4) is 6.08 Å². The van der Waals surface area contributed by atoms with E-state index in [9.17, 15) is 0 Å². The van der Waals surface area contributed by atoms with Crippen LogP contribution in [0.2, 0.25) is 0 Å². The molecule has 0 aliphatic heterocycles. The Balaban J connectivity index is 2.20. The highest BCUT2D eigenvalue weighted by Crippen LogP contribution is 2.04. The van der Waals surface area contributed by atoms with Crippen LogP contribution in [0, 0.1) is 6.92 Å². The van der Waals surface area contributed by atoms with E-state index in [0.29, 0.717) is 18.9 Å². The molecule has 0 saturated carbocycles. The molecule has 0 radical (unpaired) electrons. The summed E-state index contributed by atoms with van der Waals surface area (Å²) in [5.74, 6) is 0.550. The van der Waals surface area contributed by atoms with Crippen molar-refractivity contribution >= 4 is 0 Å². The van der Waals surface area contributed by atoms with Crippen LogP contribution in [0.4, 0.5) is 0 Å². The predicted molar refractivity (Wildman–Crippen MR) is 45.4 cm³/mol. The quantitative estimate of drug-likeness (QED) is 0.682. The van der Waals surface area contributed by atoms with Crippen LogP contribution in [0.3, 0.4) is 0 Å². The minimum atomic E-state index is 0.149. The third kappa shape index (κ3) is 3.71. The average Bonchev–Trinajstić information content (AvgIpc) is 2.51. The second-order valence-corrected chi connectivity index (χ2v) is 2.40. The number of aliphatic hydroxyl groups is 1. The van der Waals surface area contributed by atoms with Gasteiger partial charge in [-0.3, -0.25) is 4.52 Å². The summed E-state index contributed by atoms with van der Waals surface area (Å²) in [6, 6.07) is 0. The van der Waals surface area contributed by atoms with Gasteiger partial charge in [0.2, 0.25) is 0 Å².